The lowest BCUT2D eigenvalue weighted by Gasteiger charge is -2.34. The fourth-order valence-corrected chi connectivity index (χ4v) is 3.04. The van der Waals surface area contributed by atoms with Crippen molar-refractivity contribution in [2.45, 2.75) is 105 Å². The molecular formula is C22H43N3O6. The number of aliphatic carboxylic acids is 1. The number of carbonyl (C=O) groups is 3. The molecule has 0 aliphatic carbocycles. The minimum absolute atomic E-state index is 0.0659. The van der Waals surface area contributed by atoms with Gasteiger partial charge in [0.1, 0.15) is 11.6 Å². The van der Waals surface area contributed by atoms with Crippen molar-refractivity contribution < 1.29 is 29.3 Å². The van der Waals surface area contributed by atoms with E-state index in [1.54, 1.807) is 41.5 Å². The number of alkyl carbamates (subject to hydrolysis) is 1. The second-order valence-electron chi connectivity index (χ2n) is 9.85. The lowest BCUT2D eigenvalue weighted by Crippen LogP contribution is -2.56. The summed E-state index contributed by atoms with van der Waals surface area (Å²) in [7, 11) is 0. The van der Waals surface area contributed by atoms with Gasteiger partial charge in [0.15, 0.2) is 0 Å². The molecule has 4 N–H and O–H groups in total. The molecule has 31 heavy (non-hydrogen) atoms. The van der Waals surface area contributed by atoms with Gasteiger partial charge in [-0.15, -0.1) is 0 Å². The molecule has 0 spiro atoms. The van der Waals surface area contributed by atoms with Gasteiger partial charge >= 0.3 is 18.1 Å². The van der Waals surface area contributed by atoms with E-state index in [0.29, 0.717) is 12.8 Å². The normalized spacial score (nSPS) is 15.7. The van der Waals surface area contributed by atoms with Crippen LogP contribution in [0.25, 0.3) is 0 Å². The SMILES string of the molecule is CC[C@H](C)[C@H](NC(=O)N(CC(O)[C@H](CC(C)C)NC(=O)OC(C)(C)C)C(C)C)C(=O)O. The first-order valence-electron chi connectivity index (χ1n) is 11.1. The number of hydrogen-bond acceptors (Lipinski definition) is 5. The number of carbonyl (C=O) groups excluding carboxylic acids is 2. The predicted octanol–water partition coefficient (Wildman–Crippen LogP) is 3.21. The van der Waals surface area contributed by atoms with Crippen molar-refractivity contribution in [2.24, 2.45) is 11.8 Å². The molecule has 182 valence electrons. The Morgan fingerprint density at radius 3 is 1.97 bits per heavy atom. The summed E-state index contributed by atoms with van der Waals surface area (Å²) in [5.74, 6) is -1.17. The van der Waals surface area contributed by atoms with Crippen molar-refractivity contribution in [3.63, 3.8) is 0 Å². The van der Waals surface area contributed by atoms with E-state index >= 15 is 0 Å². The second-order valence-corrected chi connectivity index (χ2v) is 9.85. The van der Waals surface area contributed by atoms with E-state index in [0.717, 1.165) is 0 Å². The van der Waals surface area contributed by atoms with Gasteiger partial charge in [-0.25, -0.2) is 14.4 Å². The van der Waals surface area contributed by atoms with Gasteiger partial charge in [0.2, 0.25) is 0 Å². The molecule has 4 atom stereocenters. The molecule has 0 saturated carbocycles. The third kappa shape index (κ3) is 11.2. The maximum absolute atomic E-state index is 12.8. The van der Waals surface area contributed by atoms with Gasteiger partial charge < -0.3 is 30.5 Å². The Morgan fingerprint density at radius 2 is 1.58 bits per heavy atom. The smallest absolute Gasteiger partial charge is 0.407 e. The average Bonchev–Trinajstić information content (AvgIpc) is 2.59. The Morgan fingerprint density at radius 1 is 1.03 bits per heavy atom. The number of nitrogens with zero attached hydrogens (tertiary/aromatic N) is 1. The second kappa shape index (κ2) is 12.7. The molecule has 0 aromatic rings. The van der Waals surface area contributed by atoms with Crippen molar-refractivity contribution >= 4 is 18.1 Å². The number of carboxylic acids is 1. The molecule has 1 unspecified atom stereocenters. The molecule has 9 nitrogen and oxygen atoms in total. The summed E-state index contributed by atoms with van der Waals surface area (Å²) in [6, 6.07) is -2.51. The summed E-state index contributed by atoms with van der Waals surface area (Å²) in [5.41, 5.74) is -0.677. The molecule has 0 radical (unpaired) electrons. The molecular weight excluding hydrogens is 402 g/mol. The summed E-state index contributed by atoms with van der Waals surface area (Å²) in [4.78, 5) is 38.0. The van der Waals surface area contributed by atoms with Gasteiger partial charge in [0, 0.05) is 6.04 Å². The van der Waals surface area contributed by atoms with Crippen LogP contribution in [-0.2, 0) is 9.53 Å². The maximum atomic E-state index is 12.8. The molecule has 0 bridgehead atoms. The van der Waals surface area contributed by atoms with E-state index in [1.165, 1.54) is 4.90 Å². The molecule has 0 saturated heterocycles. The van der Waals surface area contributed by atoms with Crippen molar-refractivity contribution in [2.75, 3.05) is 6.54 Å². The first kappa shape index (κ1) is 29.0. The standard InChI is InChI=1S/C22H43N3O6/c1-10-15(6)18(19(27)28)24-20(29)25(14(4)5)12-17(26)16(11-13(2)3)23-21(30)31-22(7,8)9/h13-18,26H,10-12H2,1-9H3,(H,23,30)(H,24,29)(H,27,28)/t15-,16-,17?,18-/m0/s1. The van der Waals surface area contributed by atoms with E-state index in [-0.39, 0.29) is 24.4 Å². The molecule has 0 aliphatic rings. The van der Waals surface area contributed by atoms with E-state index in [4.69, 9.17) is 4.74 Å². The van der Waals surface area contributed by atoms with Gasteiger partial charge in [-0.1, -0.05) is 34.1 Å². The number of aliphatic hydroxyl groups is 1. The Hall–Kier alpha value is -2.03. The number of ether oxygens (including phenoxy) is 1. The number of carboxylic acid groups (broad SMARTS) is 1. The van der Waals surface area contributed by atoms with Crippen molar-refractivity contribution in [3.05, 3.63) is 0 Å². The van der Waals surface area contributed by atoms with Crippen LogP contribution in [0.3, 0.4) is 0 Å². The summed E-state index contributed by atoms with van der Waals surface area (Å²) in [6.07, 6.45) is -0.619. The van der Waals surface area contributed by atoms with Crippen LogP contribution in [0.1, 0.15) is 75.2 Å². The zero-order valence-corrected chi connectivity index (χ0v) is 20.6. The zero-order valence-electron chi connectivity index (χ0n) is 20.6. The van der Waals surface area contributed by atoms with Crippen molar-refractivity contribution in [3.8, 4) is 0 Å². The predicted molar refractivity (Wildman–Crippen MR) is 120 cm³/mol. The molecule has 3 amide bonds. The Balaban J connectivity index is 5.41. The maximum Gasteiger partial charge on any atom is 0.407 e. The number of aliphatic hydroxyl groups excluding tert-OH is 1. The molecule has 0 heterocycles. The van der Waals surface area contributed by atoms with Crippen LogP contribution in [0.2, 0.25) is 0 Å². The molecule has 0 aliphatic heterocycles. The fraction of sp³-hybridized carbons (Fsp3) is 0.864. The Labute approximate surface area is 186 Å². The van der Waals surface area contributed by atoms with E-state index < -0.39 is 41.9 Å². The Bertz CT molecular complexity index is 588. The topological polar surface area (TPSA) is 128 Å². The lowest BCUT2D eigenvalue weighted by molar-refractivity contribution is -0.140. The first-order chi connectivity index (χ1) is 14.1. The number of nitrogens with one attached hydrogen (secondary N) is 2. The van der Waals surface area contributed by atoms with Crippen LogP contribution in [0.4, 0.5) is 9.59 Å². The minimum atomic E-state index is -1.10. The summed E-state index contributed by atoms with van der Waals surface area (Å²) < 4.78 is 5.30. The third-order valence-electron chi connectivity index (χ3n) is 4.92. The zero-order chi connectivity index (χ0) is 24.5. The number of rotatable bonds is 11. The van der Waals surface area contributed by atoms with E-state index in [1.807, 2.05) is 20.8 Å². The monoisotopic (exact) mass is 445 g/mol. The largest absolute Gasteiger partial charge is 0.480 e. The Kier molecular flexibility index (Phi) is 11.9. The number of amides is 3. The van der Waals surface area contributed by atoms with Crippen LogP contribution in [0, 0.1) is 11.8 Å². The molecule has 0 aromatic heterocycles. The van der Waals surface area contributed by atoms with E-state index in [9.17, 15) is 24.6 Å². The molecule has 0 aromatic carbocycles. The van der Waals surface area contributed by atoms with Crippen LogP contribution in [-0.4, -0.2) is 69.6 Å². The highest BCUT2D eigenvalue weighted by atomic mass is 16.6. The average molecular weight is 446 g/mol. The summed E-state index contributed by atoms with van der Waals surface area (Å²) in [6.45, 7) is 16.3. The van der Waals surface area contributed by atoms with Crippen molar-refractivity contribution in [1.29, 1.82) is 0 Å². The fourth-order valence-electron chi connectivity index (χ4n) is 3.04. The van der Waals surface area contributed by atoms with Crippen LogP contribution in [0.5, 0.6) is 0 Å². The summed E-state index contributed by atoms with van der Waals surface area (Å²) >= 11 is 0. The quantitative estimate of drug-likeness (QED) is 0.387. The van der Waals surface area contributed by atoms with Gasteiger partial charge in [0.25, 0.3) is 0 Å². The van der Waals surface area contributed by atoms with Crippen molar-refractivity contribution in [1.82, 2.24) is 15.5 Å². The summed E-state index contributed by atoms with van der Waals surface area (Å²) in [5, 5.41) is 25.6. The van der Waals surface area contributed by atoms with Gasteiger partial charge in [-0.05, 0) is 52.9 Å². The van der Waals surface area contributed by atoms with Crippen LogP contribution < -0.4 is 10.6 Å². The highest BCUT2D eigenvalue weighted by Gasteiger charge is 2.32. The van der Waals surface area contributed by atoms with Gasteiger partial charge in [0.05, 0.1) is 18.7 Å². The molecule has 9 heteroatoms. The number of hydrogen-bond donors (Lipinski definition) is 4. The van der Waals surface area contributed by atoms with Gasteiger partial charge in [-0.2, -0.15) is 0 Å². The highest BCUT2D eigenvalue weighted by Crippen LogP contribution is 2.15. The highest BCUT2D eigenvalue weighted by molar-refractivity contribution is 5.83. The van der Waals surface area contributed by atoms with Crippen LogP contribution >= 0.6 is 0 Å². The van der Waals surface area contributed by atoms with E-state index in [2.05, 4.69) is 10.6 Å². The molecule has 0 fully saturated rings. The number of urea groups is 1. The minimum Gasteiger partial charge on any atom is -0.480 e. The first-order valence-corrected chi connectivity index (χ1v) is 11.1. The molecule has 0 rings (SSSR count). The third-order valence-corrected chi connectivity index (χ3v) is 4.92. The van der Waals surface area contributed by atoms with Crippen LogP contribution in [0.15, 0.2) is 0 Å². The van der Waals surface area contributed by atoms with Gasteiger partial charge in [-0.3, -0.25) is 0 Å². The lowest BCUT2D eigenvalue weighted by atomic mass is 9.98.